The molecule has 0 bridgehead atoms. The lowest BCUT2D eigenvalue weighted by molar-refractivity contribution is -0.128. The number of nitrogens with zero attached hydrogens (tertiary/aromatic N) is 1. The first-order valence-electron chi connectivity index (χ1n) is 6.50. The first-order chi connectivity index (χ1) is 9.40. The summed E-state index contributed by atoms with van der Waals surface area (Å²) in [6, 6.07) is 0.240. The van der Waals surface area contributed by atoms with E-state index in [9.17, 15) is 4.79 Å². The number of hydrogen-bond donors (Lipinski definition) is 0. The molecular formula is C12H17BINO2S3. The minimum atomic E-state index is 0.0786. The van der Waals surface area contributed by atoms with Crippen LogP contribution in [0.4, 0.5) is 0 Å². The maximum absolute atomic E-state index is 12.6. The summed E-state index contributed by atoms with van der Waals surface area (Å²) >= 11 is 10.9. The third-order valence-corrected chi connectivity index (χ3v) is 7.31. The van der Waals surface area contributed by atoms with E-state index in [1.54, 1.807) is 29.6 Å². The quantitative estimate of drug-likeness (QED) is 0.379. The monoisotopic (exact) mass is 441 g/mol. The molecule has 0 radical (unpaired) electrons. The molecule has 110 valence electrons. The SMILES string of the molecule is CC1=COB(I)SC1CC(=O)N1C(=S)SCC1C(C)C. The van der Waals surface area contributed by atoms with Crippen molar-refractivity contribution in [1.82, 2.24) is 4.90 Å². The maximum atomic E-state index is 12.6. The Bertz CT molecular complexity index is 446. The molecule has 1 saturated heterocycles. The van der Waals surface area contributed by atoms with Crippen LogP contribution in [0.2, 0.25) is 0 Å². The summed E-state index contributed by atoms with van der Waals surface area (Å²) < 4.78 is 6.25. The van der Waals surface area contributed by atoms with Gasteiger partial charge in [0.05, 0.1) is 6.26 Å². The van der Waals surface area contributed by atoms with Crippen LogP contribution < -0.4 is 0 Å². The van der Waals surface area contributed by atoms with Crippen molar-refractivity contribution in [3.8, 4) is 0 Å². The summed E-state index contributed by atoms with van der Waals surface area (Å²) in [6.45, 7) is 6.31. The largest absolute Gasteiger partial charge is 0.548 e. The summed E-state index contributed by atoms with van der Waals surface area (Å²) in [7, 11) is 0. The van der Waals surface area contributed by atoms with Crippen LogP contribution in [0.5, 0.6) is 0 Å². The normalized spacial score (nSPS) is 26.9. The average molecular weight is 441 g/mol. The van der Waals surface area contributed by atoms with Crippen molar-refractivity contribution in [2.45, 2.75) is 38.5 Å². The molecule has 1 amide bonds. The lowest BCUT2D eigenvalue weighted by Gasteiger charge is -2.29. The summed E-state index contributed by atoms with van der Waals surface area (Å²) in [6.07, 6.45) is 2.28. The second-order valence-electron chi connectivity index (χ2n) is 5.25. The Kier molecular flexibility index (Phi) is 6.14. The van der Waals surface area contributed by atoms with Crippen molar-refractivity contribution >= 4 is 72.2 Å². The van der Waals surface area contributed by atoms with Crippen LogP contribution in [0.15, 0.2) is 11.8 Å². The Morgan fingerprint density at radius 3 is 3.05 bits per heavy atom. The minimum Gasteiger partial charge on any atom is -0.548 e. The first kappa shape index (κ1) is 17.0. The highest BCUT2D eigenvalue weighted by Crippen LogP contribution is 2.35. The Labute approximate surface area is 147 Å². The average Bonchev–Trinajstić information content (AvgIpc) is 2.76. The third kappa shape index (κ3) is 3.86. The number of thioether (sulfide) groups is 1. The van der Waals surface area contributed by atoms with Gasteiger partial charge in [0.25, 0.3) is 0 Å². The summed E-state index contributed by atoms with van der Waals surface area (Å²) in [5.41, 5.74) is 1.12. The van der Waals surface area contributed by atoms with Gasteiger partial charge in [0.2, 0.25) is 5.91 Å². The van der Waals surface area contributed by atoms with Gasteiger partial charge in [-0.25, -0.2) is 0 Å². The molecule has 0 spiro atoms. The van der Waals surface area contributed by atoms with Crippen LogP contribution in [0.25, 0.3) is 0 Å². The van der Waals surface area contributed by atoms with Gasteiger partial charge in [-0.05, 0) is 18.4 Å². The van der Waals surface area contributed by atoms with E-state index < -0.39 is 0 Å². The Morgan fingerprint density at radius 1 is 1.70 bits per heavy atom. The summed E-state index contributed by atoms with van der Waals surface area (Å²) in [5, 5.41) is 0.194. The summed E-state index contributed by atoms with van der Waals surface area (Å²) in [5.74, 6) is 1.50. The molecule has 0 saturated carbocycles. The number of amides is 1. The third-order valence-electron chi connectivity index (χ3n) is 3.44. The van der Waals surface area contributed by atoms with Gasteiger partial charge in [-0.1, -0.05) is 60.2 Å². The predicted molar refractivity (Wildman–Crippen MR) is 101 cm³/mol. The number of hydrogen-bond acceptors (Lipinski definition) is 5. The van der Waals surface area contributed by atoms with Gasteiger partial charge in [-0.15, -0.1) is 11.6 Å². The molecular weight excluding hydrogens is 424 g/mol. The van der Waals surface area contributed by atoms with E-state index >= 15 is 0 Å². The maximum Gasteiger partial charge on any atom is 0.500 e. The lowest BCUT2D eigenvalue weighted by atomic mass is 10.0. The molecule has 0 aromatic rings. The van der Waals surface area contributed by atoms with Crippen molar-refractivity contribution in [3.05, 3.63) is 11.8 Å². The molecule has 20 heavy (non-hydrogen) atoms. The van der Waals surface area contributed by atoms with Crippen molar-refractivity contribution in [1.29, 1.82) is 0 Å². The minimum absolute atomic E-state index is 0.0786. The van der Waals surface area contributed by atoms with Gasteiger partial charge in [-0.3, -0.25) is 9.69 Å². The van der Waals surface area contributed by atoms with Crippen LogP contribution in [0, 0.1) is 5.92 Å². The zero-order valence-corrected chi connectivity index (χ0v) is 16.3. The molecule has 0 aromatic carbocycles. The van der Waals surface area contributed by atoms with Crippen LogP contribution in [0.1, 0.15) is 27.2 Å². The Hall–Kier alpha value is 0.595. The van der Waals surface area contributed by atoms with Crippen molar-refractivity contribution in [2.24, 2.45) is 5.92 Å². The molecule has 2 atom stereocenters. The fourth-order valence-electron chi connectivity index (χ4n) is 2.18. The molecule has 0 N–H and O–H groups in total. The topological polar surface area (TPSA) is 29.5 Å². The molecule has 2 unspecified atom stereocenters. The number of rotatable bonds is 3. The van der Waals surface area contributed by atoms with Gasteiger partial charge in [0.15, 0.2) is 0 Å². The molecule has 2 aliphatic heterocycles. The van der Waals surface area contributed by atoms with E-state index in [0.29, 0.717) is 12.3 Å². The zero-order valence-electron chi connectivity index (χ0n) is 11.7. The summed E-state index contributed by atoms with van der Waals surface area (Å²) in [4.78, 5) is 14.5. The van der Waals surface area contributed by atoms with Crippen molar-refractivity contribution in [3.63, 3.8) is 0 Å². The van der Waals surface area contributed by atoms with E-state index in [1.165, 1.54) is 0 Å². The number of carbonyl (C=O) groups excluding carboxylic acids is 1. The zero-order chi connectivity index (χ0) is 14.9. The molecule has 2 aliphatic rings. The number of halogens is 1. The van der Waals surface area contributed by atoms with Crippen LogP contribution >= 0.6 is 58.0 Å². The van der Waals surface area contributed by atoms with E-state index in [0.717, 1.165) is 15.6 Å². The van der Waals surface area contributed by atoms with Crippen LogP contribution in [-0.4, -0.2) is 36.2 Å². The van der Waals surface area contributed by atoms with E-state index in [1.807, 2.05) is 11.8 Å². The molecule has 2 heterocycles. The Balaban J connectivity index is 2.05. The van der Waals surface area contributed by atoms with Crippen molar-refractivity contribution < 1.29 is 9.45 Å². The highest BCUT2D eigenvalue weighted by atomic mass is 127. The van der Waals surface area contributed by atoms with E-state index in [2.05, 4.69) is 36.2 Å². The van der Waals surface area contributed by atoms with Gasteiger partial charge >= 0.3 is 4.05 Å². The second kappa shape index (κ2) is 7.24. The second-order valence-corrected chi connectivity index (χ2v) is 10.2. The fourth-order valence-corrected chi connectivity index (χ4v) is 5.95. The molecule has 8 heteroatoms. The number of carbonyl (C=O) groups is 1. The van der Waals surface area contributed by atoms with Gasteiger partial charge in [0.1, 0.15) is 4.32 Å². The Morgan fingerprint density at radius 2 is 2.40 bits per heavy atom. The highest BCUT2D eigenvalue weighted by Gasteiger charge is 2.37. The van der Waals surface area contributed by atoms with E-state index in [4.69, 9.17) is 16.9 Å². The molecule has 0 aliphatic carbocycles. The molecule has 1 fully saturated rings. The molecule has 2 rings (SSSR count). The van der Waals surface area contributed by atoms with Gasteiger partial charge in [0, 0.05) is 23.5 Å². The fraction of sp³-hybridized carbons (Fsp3) is 0.667. The lowest BCUT2D eigenvalue weighted by Crippen LogP contribution is -2.42. The number of thiocarbonyl (C=S) groups is 1. The van der Waals surface area contributed by atoms with E-state index in [-0.39, 0.29) is 21.2 Å². The predicted octanol–water partition coefficient (Wildman–Crippen LogP) is 3.72. The van der Waals surface area contributed by atoms with Crippen molar-refractivity contribution in [2.75, 3.05) is 5.75 Å². The van der Waals surface area contributed by atoms with Gasteiger partial charge < -0.3 is 4.65 Å². The van der Waals surface area contributed by atoms with Gasteiger partial charge in [-0.2, -0.15) is 0 Å². The van der Waals surface area contributed by atoms with Crippen LogP contribution in [0.3, 0.4) is 0 Å². The van der Waals surface area contributed by atoms with Crippen LogP contribution in [-0.2, 0) is 9.45 Å². The molecule has 3 nitrogen and oxygen atoms in total. The highest BCUT2D eigenvalue weighted by molar-refractivity contribution is 14.1. The smallest absolute Gasteiger partial charge is 0.500 e. The first-order valence-corrected chi connectivity index (χ1v) is 10.1. The standard InChI is InChI=1S/C12H17BINO2S3/c1-7(2)9-6-19-12(18)15(9)11(16)4-10-8(3)5-17-13(14)20-10/h5,7,9-10H,4,6H2,1-3H3. The molecule has 0 aromatic heterocycles.